The van der Waals surface area contributed by atoms with E-state index >= 15 is 0 Å². The van der Waals surface area contributed by atoms with E-state index in [2.05, 4.69) is 21.5 Å². The molecule has 0 spiro atoms. The van der Waals surface area contributed by atoms with Crippen LogP contribution in [0.4, 0.5) is 0 Å². The molecule has 0 fully saturated rings. The van der Waals surface area contributed by atoms with Gasteiger partial charge in [0.1, 0.15) is 0 Å². The van der Waals surface area contributed by atoms with Gasteiger partial charge in [-0.3, -0.25) is 9.78 Å². The quantitative estimate of drug-likeness (QED) is 0.698. The van der Waals surface area contributed by atoms with Gasteiger partial charge in [-0.2, -0.15) is 0 Å². The lowest BCUT2D eigenvalue weighted by atomic mass is 10.2. The van der Waals surface area contributed by atoms with E-state index in [4.69, 9.17) is 6.42 Å². The third-order valence-electron chi connectivity index (χ3n) is 2.09. The number of terminal acetylenes is 1. The summed E-state index contributed by atoms with van der Waals surface area (Å²) in [5, 5.41) is 5.70. The second-order valence-corrected chi connectivity index (χ2v) is 3.39. The van der Waals surface area contributed by atoms with Crippen LogP contribution in [0.3, 0.4) is 0 Å². The number of nitrogens with zero attached hydrogens (tertiary/aromatic N) is 1. The van der Waals surface area contributed by atoms with Crippen LogP contribution in [0.2, 0.25) is 0 Å². The maximum Gasteiger partial charge on any atom is 0.237 e. The van der Waals surface area contributed by atoms with E-state index in [1.165, 1.54) is 0 Å². The first-order valence-electron chi connectivity index (χ1n) is 5.07. The Labute approximate surface area is 95.5 Å². The molecule has 0 saturated carbocycles. The second kappa shape index (κ2) is 6.59. The molecule has 16 heavy (non-hydrogen) atoms. The number of pyridine rings is 1. The Morgan fingerprint density at radius 2 is 2.50 bits per heavy atom. The van der Waals surface area contributed by atoms with Crippen molar-refractivity contribution in [2.24, 2.45) is 0 Å². The lowest BCUT2D eigenvalue weighted by Gasteiger charge is -2.12. The minimum absolute atomic E-state index is 0.0955. The van der Waals surface area contributed by atoms with Crippen LogP contribution in [0.1, 0.15) is 12.5 Å². The smallest absolute Gasteiger partial charge is 0.237 e. The molecule has 0 aliphatic rings. The number of carbonyl (C=O) groups is 1. The Morgan fingerprint density at radius 3 is 3.12 bits per heavy atom. The fourth-order valence-corrected chi connectivity index (χ4v) is 1.16. The molecule has 2 N–H and O–H groups in total. The average Bonchev–Trinajstić information content (AvgIpc) is 2.34. The van der Waals surface area contributed by atoms with Gasteiger partial charge in [0.05, 0.1) is 12.6 Å². The number of hydrogen-bond donors (Lipinski definition) is 2. The van der Waals surface area contributed by atoms with Crippen molar-refractivity contribution in [1.29, 1.82) is 0 Å². The minimum Gasteiger partial charge on any atom is -0.344 e. The molecule has 1 rings (SSSR count). The van der Waals surface area contributed by atoms with Gasteiger partial charge in [0, 0.05) is 18.9 Å². The van der Waals surface area contributed by atoms with Gasteiger partial charge in [-0.1, -0.05) is 12.0 Å². The third-order valence-corrected chi connectivity index (χ3v) is 2.09. The van der Waals surface area contributed by atoms with Crippen LogP contribution >= 0.6 is 0 Å². The summed E-state index contributed by atoms with van der Waals surface area (Å²) < 4.78 is 0. The summed E-state index contributed by atoms with van der Waals surface area (Å²) in [4.78, 5) is 15.4. The molecule has 0 saturated heterocycles. The van der Waals surface area contributed by atoms with Crippen molar-refractivity contribution in [2.75, 3.05) is 6.54 Å². The SMILES string of the molecule is C#CCNC(=O)C(C)NCc1cccnc1. The summed E-state index contributed by atoms with van der Waals surface area (Å²) in [7, 11) is 0. The van der Waals surface area contributed by atoms with Gasteiger partial charge >= 0.3 is 0 Å². The van der Waals surface area contributed by atoms with Crippen molar-refractivity contribution >= 4 is 5.91 Å². The number of aromatic nitrogens is 1. The molecule has 4 heteroatoms. The molecule has 0 aliphatic carbocycles. The van der Waals surface area contributed by atoms with Crippen LogP contribution in [0.15, 0.2) is 24.5 Å². The Balaban J connectivity index is 2.33. The molecule has 0 aliphatic heterocycles. The molecule has 1 aromatic rings. The molecule has 0 bridgehead atoms. The summed E-state index contributed by atoms with van der Waals surface area (Å²) in [6.45, 7) is 2.67. The van der Waals surface area contributed by atoms with Gasteiger partial charge < -0.3 is 10.6 Å². The number of carbonyl (C=O) groups excluding carboxylic acids is 1. The average molecular weight is 217 g/mol. The summed E-state index contributed by atoms with van der Waals surface area (Å²) in [5.74, 6) is 2.26. The van der Waals surface area contributed by atoms with Crippen LogP contribution in [-0.4, -0.2) is 23.5 Å². The Kier molecular flexibility index (Phi) is 5.03. The highest BCUT2D eigenvalue weighted by Crippen LogP contribution is 1.95. The first kappa shape index (κ1) is 12.2. The lowest BCUT2D eigenvalue weighted by Crippen LogP contribution is -2.41. The predicted molar refractivity (Wildman–Crippen MR) is 62.4 cm³/mol. The molecule has 1 aromatic heterocycles. The van der Waals surface area contributed by atoms with E-state index in [-0.39, 0.29) is 18.5 Å². The molecule has 1 heterocycles. The summed E-state index contributed by atoms with van der Waals surface area (Å²) in [5.41, 5.74) is 1.04. The Hall–Kier alpha value is -1.86. The molecule has 1 unspecified atom stereocenters. The van der Waals surface area contributed by atoms with Crippen LogP contribution in [0.5, 0.6) is 0 Å². The van der Waals surface area contributed by atoms with Gasteiger partial charge in [-0.15, -0.1) is 6.42 Å². The van der Waals surface area contributed by atoms with Crippen molar-refractivity contribution in [3.63, 3.8) is 0 Å². The van der Waals surface area contributed by atoms with E-state index in [1.807, 2.05) is 12.1 Å². The fourth-order valence-electron chi connectivity index (χ4n) is 1.16. The zero-order chi connectivity index (χ0) is 11.8. The summed E-state index contributed by atoms with van der Waals surface area (Å²) >= 11 is 0. The molecule has 0 radical (unpaired) electrons. The van der Waals surface area contributed by atoms with Gasteiger partial charge in [0.15, 0.2) is 0 Å². The van der Waals surface area contributed by atoms with Crippen LogP contribution in [0.25, 0.3) is 0 Å². The third kappa shape index (κ3) is 4.11. The van der Waals surface area contributed by atoms with Crippen LogP contribution < -0.4 is 10.6 Å². The first-order chi connectivity index (χ1) is 7.74. The van der Waals surface area contributed by atoms with Crippen molar-refractivity contribution in [3.8, 4) is 12.3 Å². The fraction of sp³-hybridized carbons (Fsp3) is 0.333. The van der Waals surface area contributed by atoms with E-state index < -0.39 is 0 Å². The van der Waals surface area contributed by atoms with Crippen LogP contribution in [0, 0.1) is 12.3 Å². The standard InChI is InChI=1S/C12H15N3O/c1-3-6-14-12(16)10(2)15-9-11-5-4-7-13-8-11/h1,4-5,7-8,10,15H,6,9H2,2H3,(H,14,16). The maximum absolute atomic E-state index is 11.4. The first-order valence-corrected chi connectivity index (χ1v) is 5.07. The molecule has 1 amide bonds. The van der Waals surface area contributed by atoms with Gasteiger partial charge in [0.2, 0.25) is 5.91 Å². The van der Waals surface area contributed by atoms with E-state index in [0.717, 1.165) is 5.56 Å². The van der Waals surface area contributed by atoms with Crippen LogP contribution in [-0.2, 0) is 11.3 Å². The Morgan fingerprint density at radius 1 is 1.69 bits per heavy atom. The zero-order valence-corrected chi connectivity index (χ0v) is 9.23. The molecule has 0 aromatic carbocycles. The van der Waals surface area contributed by atoms with E-state index in [0.29, 0.717) is 6.54 Å². The van der Waals surface area contributed by atoms with E-state index in [1.54, 1.807) is 19.3 Å². The van der Waals surface area contributed by atoms with Crippen molar-refractivity contribution in [3.05, 3.63) is 30.1 Å². The van der Waals surface area contributed by atoms with E-state index in [9.17, 15) is 4.79 Å². The molecular weight excluding hydrogens is 202 g/mol. The van der Waals surface area contributed by atoms with Gasteiger partial charge in [0.25, 0.3) is 0 Å². The van der Waals surface area contributed by atoms with Crippen molar-refractivity contribution in [2.45, 2.75) is 19.5 Å². The molecular formula is C12H15N3O. The number of rotatable bonds is 5. The highest BCUT2D eigenvalue weighted by atomic mass is 16.2. The molecule has 84 valence electrons. The largest absolute Gasteiger partial charge is 0.344 e. The van der Waals surface area contributed by atoms with Crippen molar-refractivity contribution < 1.29 is 4.79 Å². The summed E-state index contributed by atoms with van der Waals surface area (Å²) in [6, 6.07) is 3.54. The minimum atomic E-state index is -0.270. The number of nitrogens with one attached hydrogen (secondary N) is 2. The second-order valence-electron chi connectivity index (χ2n) is 3.39. The number of hydrogen-bond acceptors (Lipinski definition) is 3. The monoisotopic (exact) mass is 217 g/mol. The summed E-state index contributed by atoms with van der Waals surface area (Å²) in [6.07, 6.45) is 8.53. The maximum atomic E-state index is 11.4. The molecule has 1 atom stereocenters. The van der Waals surface area contributed by atoms with Gasteiger partial charge in [-0.05, 0) is 18.6 Å². The van der Waals surface area contributed by atoms with Crippen molar-refractivity contribution in [1.82, 2.24) is 15.6 Å². The predicted octanol–water partition coefficient (Wildman–Crippen LogP) is 0.309. The lowest BCUT2D eigenvalue weighted by molar-refractivity contribution is -0.122. The Bertz CT molecular complexity index is 370. The number of amides is 1. The zero-order valence-electron chi connectivity index (χ0n) is 9.23. The highest BCUT2D eigenvalue weighted by molar-refractivity contribution is 5.81. The topological polar surface area (TPSA) is 54.0 Å². The normalized spacial score (nSPS) is 11.5. The molecule has 4 nitrogen and oxygen atoms in total. The van der Waals surface area contributed by atoms with Gasteiger partial charge in [-0.25, -0.2) is 0 Å². The highest BCUT2D eigenvalue weighted by Gasteiger charge is 2.10.